The molecule has 1 aliphatic carbocycles. The number of nitrogens with zero attached hydrogens (tertiary/aromatic N) is 4. The van der Waals surface area contributed by atoms with Crippen molar-refractivity contribution in [1.82, 2.24) is 20.3 Å². The highest BCUT2D eigenvalue weighted by Crippen LogP contribution is 2.33. The molecule has 1 aliphatic rings. The lowest BCUT2D eigenvalue weighted by atomic mass is 10.2. The van der Waals surface area contributed by atoms with Crippen LogP contribution < -0.4 is 14.8 Å². The first kappa shape index (κ1) is 17.1. The van der Waals surface area contributed by atoms with E-state index >= 15 is 0 Å². The molecule has 1 aromatic carbocycles. The molecule has 1 N–H and O–H groups in total. The van der Waals surface area contributed by atoms with Crippen LogP contribution in [0.15, 0.2) is 27.1 Å². The van der Waals surface area contributed by atoms with Crippen LogP contribution in [0.4, 0.5) is 5.13 Å². The first-order valence-corrected chi connectivity index (χ1v) is 9.83. The van der Waals surface area contributed by atoms with Crippen molar-refractivity contribution in [2.75, 3.05) is 19.5 Å². The topological polar surface area (TPSA) is 95.2 Å². The van der Waals surface area contributed by atoms with E-state index in [4.69, 9.17) is 14.0 Å². The predicted octanol–water partition coefficient (Wildman–Crippen LogP) is 3.47. The molecule has 8 nitrogen and oxygen atoms in total. The second-order valence-electron chi connectivity index (χ2n) is 5.66. The lowest BCUT2D eigenvalue weighted by Gasteiger charge is -2.07. The summed E-state index contributed by atoms with van der Waals surface area (Å²) in [6.07, 6.45) is 2.42. The van der Waals surface area contributed by atoms with Gasteiger partial charge in [0.1, 0.15) is 0 Å². The smallest absolute Gasteiger partial charge is 0.237 e. The van der Waals surface area contributed by atoms with Gasteiger partial charge in [0.25, 0.3) is 0 Å². The summed E-state index contributed by atoms with van der Waals surface area (Å²) in [5, 5.41) is 16.6. The molecule has 4 rings (SSSR count). The van der Waals surface area contributed by atoms with Gasteiger partial charge < -0.3 is 19.3 Å². The number of methoxy groups -OCH3 is 2. The lowest BCUT2D eigenvalue weighted by molar-refractivity contribution is 0.355. The molecule has 0 amide bonds. The van der Waals surface area contributed by atoms with E-state index in [1.807, 2.05) is 18.2 Å². The Labute approximate surface area is 158 Å². The maximum Gasteiger partial charge on any atom is 0.237 e. The zero-order valence-corrected chi connectivity index (χ0v) is 15.9. The minimum absolute atomic E-state index is 0.509. The van der Waals surface area contributed by atoms with E-state index in [0.29, 0.717) is 35.0 Å². The fraction of sp³-hybridized carbons (Fsp3) is 0.375. The van der Waals surface area contributed by atoms with Crippen molar-refractivity contribution < 1.29 is 14.0 Å². The fourth-order valence-corrected chi connectivity index (χ4v) is 3.92. The summed E-state index contributed by atoms with van der Waals surface area (Å²) >= 11 is 3.07. The number of benzene rings is 1. The number of aromatic nitrogens is 4. The van der Waals surface area contributed by atoms with Crippen molar-refractivity contribution in [1.29, 1.82) is 0 Å². The highest BCUT2D eigenvalue weighted by atomic mass is 32.2. The Morgan fingerprint density at radius 2 is 2.08 bits per heavy atom. The Bertz CT molecular complexity index is 894. The highest BCUT2D eigenvalue weighted by molar-refractivity contribution is 8.00. The minimum Gasteiger partial charge on any atom is -0.493 e. The van der Waals surface area contributed by atoms with Crippen LogP contribution in [0.5, 0.6) is 11.5 Å². The van der Waals surface area contributed by atoms with Crippen molar-refractivity contribution in [3.8, 4) is 22.9 Å². The molecule has 2 aromatic heterocycles. The third-order valence-electron chi connectivity index (χ3n) is 3.74. The van der Waals surface area contributed by atoms with Crippen LogP contribution in [0, 0.1) is 0 Å². The normalized spacial score (nSPS) is 13.6. The Morgan fingerprint density at radius 1 is 1.23 bits per heavy atom. The molecule has 3 aromatic rings. The molecule has 10 heteroatoms. The summed E-state index contributed by atoms with van der Waals surface area (Å²) in [7, 11) is 3.19. The van der Waals surface area contributed by atoms with Crippen LogP contribution in [-0.4, -0.2) is 40.6 Å². The molecule has 0 atom stereocenters. The third-order valence-corrected chi connectivity index (χ3v) is 5.71. The zero-order valence-electron chi connectivity index (χ0n) is 14.3. The molecule has 0 aliphatic heterocycles. The summed E-state index contributed by atoms with van der Waals surface area (Å²) in [6.45, 7) is 0. The average Bonchev–Trinajstić information content (AvgIpc) is 3.17. The molecule has 1 saturated carbocycles. The van der Waals surface area contributed by atoms with E-state index in [1.165, 1.54) is 24.6 Å². The van der Waals surface area contributed by atoms with Crippen LogP contribution >= 0.6 is 23.1 Å². The SMILES string of the molecule is COc1ccc(-c2noc(CSc3nnc(NC4CC4)s3)n2)cc1OC. The Hall–Kier alpha value is -2.33. The molecule has 0 bridgehead atoms. The van der Waals surface area contributed by atoms with E-state index in [-0.39, 0.29) is 0 Å². The van der Waals surface area contributed by atoms with Gasteiger partial charge in [-0.25, -0.2) is 0 Å². The molecule has 0 unspecified atom stereocenters. The first-order valence-electron chi connectivity index (χ1n) is 8.03. The van der Waals surface area contributed by atoms with Crippen molar-refractivity contribution in [3.63, 3.8) is 0 Å². The Kier molecular flexibility index (Phi) is 4.93. The van der Waals surface area contributed by atoms with Gasteiger partial charge in [0.15, 0.2) is 15.8 Å². The lowest BCUT2D eigenvalue weighted by Crippen LogP contribution is -1.99. The second kappa shape index (κ2) is 7.50. The molecular formula is C16H17N5O3S2. The molecule has 136 valence electrons. The molecular weight excluding hydrogens is 374 g/mol. The standard InChI is InChI=1S/C16H17N5O3S2/c1-22-11-6-3-9(7-12(11)23-2)14-18-13(24-21-14)8-25-16-20-19-15(26-16)17-10-4-5-10/h3,6-7,10H,4-5,8H2,1-2H3,(H,17,19). The van der Waals surface area contributed by atoms with E-state index in [0.717, 1.165) is 15.0 Å². The van der Waals surface area contributed by atoms with Crippen LogP contribution in [0.25, 0.3) is 11.4 Å². The first-order chi connectivity index (χ1) is 12.7. The third kappa shape index (κ3) is 3.91. The number of hydrogen-bond donors (Lipinski definition) is 1. The summed E-state index contributed by atoms with van der Waals surface area (Å²) in [5.41, 5.74) is 0.800. The number of anilines is 1. The predicted molar refractivity (Wildman–Crippen MR) is 99.0 cm³/mol. The van der Waals surface area contributed by atoms with Gasteiger partial charge in [0, 0.05) is 11.6 Å². The average molecular weight is 391 g/mol. The molecule has 0 saturated heterocycles. The van der Waals surface area contributed by atoms with Gasteiger partial charge in [0.2, 0.25) is 16.8 Å². The Balaban J connectivity index is 1.40. The maximum atomic E-state index is 5.34. The minimum atomic E-state index is 0.509. The van der Waals surface area contributed by atoms with E-state index < -0.39 is 0 Å². The van der Waals surface area contributed by atoms with Crippen LogP contribution in [-0.2, 0) is 5.75 Å². The van der Waals surface area contributed by atoms with E-state index in [9.17, 15) is 0 Å². The van der Waals surface area contributed by atoms with Gasteiger partial charge in [-0.1, -0.05) is 28.3 Å². The number of rotatable bonds is 8. The highest BCUT2D eigenvalue weighted by Gasteiger charge is 2.22. The number of thioether (sulfide) groups is 1. The molecule has 2 heterocycles. The number of nitrogens with one attached hydrogen (secondary N) is 1. The fourth-order valence-electron chi connectivity index (χ4n) is 2.26. The van der Waals surface area contributed by atoms with Crippen molar-refractivity contribution in [3.05, 3.63) is 24.1 Å². The van der Waals surface area contributed by atoms with Gasteiger partial charge in [-0.05, 0) is 31.0 Å². The summed E-state index contributed by atoms with van der Waals surface area (Å²) in [5.74, 6) is 2.86. The van der Waals surface area contributed by atoms with Gasteiger partial charge in [-0.2, -0.15) is 4.98 Å². The number of ether oxygens (including phenoxy) is 2. The van der Waals surface area contributed by atoms with E-state index in [1.54, 1.807) is 25.6 Å². The molecule has 0 radical (unpaired) electrons. The van der Waals surface area contributed by atoms with Gasteiger partial charge in [0.05, 0.1) is 20.0 Å². The summed E-state index contributed by atoms with van der Waals surface area (Å²) in [4.78, 5) is 4.44. The largest absolute Gasteiger partial charge is 0.493 e. The quantitative estimate of drug-likeness (QED) is 0.579. The van der Waals surface area contributed by atoms with Crippen LogP contribution in [0.1, 0.15) is 18.7 Å². The summed E-state index contributed by atoms with van der Waals surface area (Å²) < 4.78 is 16.8. The number of hydrogen-bond acceptors (Lipinski definition) is 10. The van der Waals surface area contributed by atoms with Crippen molar-refractivity contribution in [2.24, 2.45) is 0 Å². The van der Waals surface area contributed by atoms with Gasteiger partial charge in [-0.3, -0.25) is 0 Å². The maximum absolute atomic E-state index is 5.34. The van der Waals surface area contributed by atoms with Crippen LogP contribution in [0.2, 0.25) is 0 Å². The molecule has 1 fully saturated rings. The van der Waals surface area contributed by atoms with Crippen molar-refractivity contribution >= 4 is 28.2 Å². The molecule has 26 heavy (non-hydrogen) atoms. The van der Waals surface area contributed by atoms with Gasteiger partial charge >= 0.3 is 0 Å². The van der Waals surface area contributed by atoms with Crippen molar-refractivity contribution in [2.45, 2.75) is 29.0 Å². The zero-order chi connectivity index (χ0) is 17.9. The van der Waals surface area contributed by atoms with E-state index in [2.05, 4.69) is 25.7 Å². The van der Waals surface area contributed by atoms with Gasteiger partial charge in [-0.15, -0.1) is 10.2 Å². The monoisotopic (exact) mass is 391 g/mol. The second-order valence-corrected chi connectivity index (χ2v) is 7.86. The summed E-state index contributed by atoms with van der Waals surface area (Å²) in [6, 6.07) is 6.07. The van der Waals surface area contributed by atoms with Crippen LogP contribution in [0.3, 0.4) is 0 Å². The Morgan fingerprint density at radius 3 is 2.85 bits per heavy atom. The molecule has 0 spiro atoms.